The van der Waals surface area contributed by atoms with Crippen LogP contribution < -0.4 is 0 Å². The van der Waals surface area contributed by atoms with Crippen molar-refractivity contribution in [3.8, 4) is 0 Å². The third kappa shape index (κ3) is 3.57. The van der Waals surface area contributed by atoms with Crippen molar-refractivity contribution < 1.29 is 4.57 Å². The molecule has 0 spiro atoms. The fourth-order valence-electron chi connectivity index (χ4n) is 0.313. The van der Waals surface area contributed by atoms with Crippen molar-refractivity contribution in [2.75, 3.05) is 0 Å². The smallest absolute Gasteiger partial charge is 0.0527 e. The molecular weight excluding hydrogens is 121 g/mol. The maximum atomic E-state index is 8.28. The lowest BCUT2D eigenvalue weighted by molar-refractivity contribution is 0.607. The molecular formula is C5H8NOP. The van der Waals surface area contributed by atoms with Gasteiger partial charge in [0.2, 0.25) is 0 Å². The minimum absolute atomic E-state index is 0.611. The Kier molecular flexibility index (Phi) is 5.89. The largest absolute Gasteiger partial charge is 0.333 e. The molecule has 0 aliphatic rings. The lowest BCUT2D eigenvalue weighted by Gasteiger charge is -1.70. The van der Waals surface area contributed by atoms with Crippen LogP contribution >= 0.6 is 9.12 Å². The first kappa shape index (κ1) is 7.38. The fourth-order valence-corrected chi connectivity index (χ4v) is 0.313. The third-order valence-electron chi connectivity index (χ3n) is 0.566. The maximum Gasteiger partial charge on any atom is 0.0527 e. The van der Waals surface area contributed by atoms with Crippen LogP contribution in [0.15, 0.2) is 30.6 Å². The molecule has 1 rings (SSSR count). The van der Waals surface area contributed by atoms with E-state index in [4.69, 9.17) is 4.57 Å². The average Bonchev–Trinajstić information content (AvgIpc) is 1.96. The van der Waals surface area contributed by atoms with Gasteiger partial charge in [-0.3, -0.25) is 4.98 Å². The summed E-state index contributed by atoms with van der Waals surface area (Å²) in [6.07, 6.45) is 3.50. The fraction of sp³-hybridized carbons (Fsp3) is 0. The Hall–Kier alpha value is -0.620. The number of nitrogens with zero attached hydrogens (tertiary/aromatic N) is 1. The van der Waals surface area contributed by atoms with Crippen LogP contribution in [0.5, 0.6) is 0 Å². The number of pyridine rings is 1. The third-order valence-corrected chi connectivity index (χ3v) is 0.566. The number of aromatic nitrogens is 1. The second kappa shape index (κ2) is 6.38. The Morgan fingerprint density at radius 1 is 1.00 bits per heavy atom. The van der Waals surface area contributed by atoms with Crippen LogP contribution in [0, 0.1) is 0 Å². The molecule has 8 heavy (non-hydrogen) atoms. The monoisotopic (exact) mass is 129 g/mol. The zero-order chi connectivity index (χ0) is 6.24. The van der Waals surface area contributed by atoms with Gasteiger partial charge in [0.25, 0.3) is 0 Å². The molecule has 1 atom stereocenters. The summed E-state index contributed by atoms with van der Waals surface area (Å²) in [7, 11) is 0.611. The van der Waals surface area contributed by atoms with Gasteiger partial charge in [-0.25, -0.2) is 0 Å². The molecule has 1 aromatic rings. The average molecular weight is 129 g/mol. The van der Waals surface area contributed by atoms with Gasteiger partial charge in [-0.1, -0.05) is 6.07 Å². The van der Waals surface area contributed by atoms with Crippen LogP contribution in [-0.4, -0.2) is 4.98 Å². The zero-order valence-electron chi connectivity index (χ0n) is 4.45. The summed E-state index contributed by atoms with van der Waals surface area (Å²) in [6, 6.07) is 5.72. The Bertz CT molecular complexity index is 95.3. The Morgan fingerprint density at radius 3 is 1.62 bits per heavy atom. The molecule has 0 radical (unpaired) electrons. The molecule has 0 saturated heterocycles. The molecule has 2 nitrogen and oxygen atoms in total. The quantitative estimate of drug-likeness (QED) is 0.489. The van der Waals surface area contributed by atoms with Gasteiger partial charge in [-0.2, -0.15) is 0 Å². The highest BCUT2D eigenvalue weighted by Crippen LogP contribution is 1.73. The van der Waals surface area contributed by atoms with Crippen molar-refractivity contribution in [1.29, 1.82) is 0 Å². The van der Waals surface area contributed by atoms with Crippen LogP contribution in [-0.2, 0) is 4.57 Å². The van der Waals surface area contributed by atoms with Crippen LogP contribution in [0.4, 0.5) is 0 Å². The van der Waals surface area contributed by atoms with E-state index >= 15 is 0 Å². The number of rotatable bonds is 0. The highest BCUT2D eigenvalue weighted by Gasteiger charge is 1.58. The van der Waals surface area contributed by atoms with E-state index in [0.29, 0.717) is 9.12 Å². The molecule has 0 bridgehead atoms. The summed E-state index contributed by atoms with van der Waals surface area (Å²) in [5.41, 5.74) is 0. The van der Waals surface area contributed by atoms with E-state index < -0.39 is 0 Å². The summed E-state index contributed by atoms with van der Waals surface area (Å²) >= 11 is 0. The Labute approximate surface area is 50.2 Å². The van der Waals surface area contributed by atoms with Gasteiger partial charge in [0.15, 0.2) is 0 Å². The summed E-state index contributed by atoms with van der Waals surface area (Å²) in [5.74, 6) is 0. The SMILES string of the molecule is O=[PH3].c1ccncc1. The highest BCUT2D eigenvalue weighted by atomic mass is 31.0. The lowest BCUT2D eigenvalue weighted by Crippen LogP contribution is -1.58. The van der Waals surface area contributed by atoms with E-state index in [1.165, 1.54) is 0 Å². The second-order valence-corrected chi connectivity index (χ2v) is 1.02. The molecule has 3 heteroatoms. The minimum Gasteiger partial charge on any atom is -0.333 e. The molecule has 0 aromatic carbocycles. The van der Waals surface area contributed by atoms with Crippen molar-refractivity contribution >= 4 is 9.12 Å². The molecule has 0 N–H and O–H groups in total. The van der Waals surface area contributed by atoms with Gasteiger partial charge in [0, 0.05) is 12.4 Å². The zero-order valence-corrected chi connectivity index (χ0v) is 5.86. The van der Waals surface area contributed by atoms with Gasteiger partial charge in [-0.15, -0.1) is 0 Å². The Morgan fingerprint density at radius 2 is 1.50 bits per heavy atom. The van der Waals surface area contributed by atoms with E-state index in [0.717, 1.165) is 0 Å². The number of hydrogen-bond donors (Lipinski definition) is 0. The van der Waals surface area contributed by atoms with Crippen LogP contribution in [0.3, 0.4) is 0 Å². The summed E-state index contributed by atoms with van der Waals surface area (Å²) in [5, 5.41) is 0. The van der Waals surface area contributed by atoms with E-state index in [1.807, 2.05) is 18.2 Å². The summed E-state index contributed by atoms with van der Waals surface area (Å²) in [6.45, 7) is 0. The molecule has 1 aromatic heterocycles. The van der Waals surface area contributed by atoms with E-state index in [9.17, 15) is 0 Å². The molecule has 1 heterocycles. The summed E-state index contributed by atoms with van der Waals surface area (Å²) < 4.78 is 8.28. The first-order chi connectivity index (χ1) is 4.00. The molecule has 44 valence electrons. The molecule has 0 aliphatic heterocycles. The number of hydrogen-bond acceptors (Lipinski definition) is 2. The topological polar surface area (TPSA) is 30.0 Å². The van der Waals surface area contributed by atoms with Crippen molar-refractivity contribution in [3.05, 3.63) is 30.6 Å². The van der Waals surface area contributed by atoms with Crippen molar-refractivity contribution in [2.24, 2.45) is 0 Å². The van der Waals surface area contributed by atoms with Gasteiger partial charge in [0.05, 0.1) is 9.12 Å². The van der Waals surface area contributed by atoms with Gasteiger partial charge < -0.3 is 4.57 Å². The van der Waals surface area contributed by atoms with E-state index in [2.05, 4.69) is 4.98 Å². The van der Waals surface area contributed by atoms with Gasteiger partial charge >= 0.3 is 0 Å². The predicted octanol–water partition coefficient (Wildman–Crippen LogP) is 1.02. The van der Waals surface area contributed by atoms with E-state index in [1.54, 1.807) is 12.4 Å². The molecule has 0 amide bonds. The molecule has 0 fully saturated rings. The Balaban J connectivity index is 0.000000222. The summed E-state index contributed by atoms with van der Waals surface area (Å²) in [4.78, 5) is 3.78. The lowest BCUT2D eigenvalue weighted by atomic mass is 10.5. The second-order valence-electron chi connectivity index (χ2n) is 1.02. The minimum atomic E-state index is 0.611. The predicted molar refractivity (Wildman–Crippen MR) is 36.0 cm³/mol. The first-order valence-corrected chi connectivity index (χ1v) is 2.72. The maximum absolute atomic E-state index is 8.28. The molecule has 0 saturated carbocycles. The van der Waals surface area contributed by atoms with Gasteiger partial charge in [0.1, 0.15) is 0 Å². The van der Waals surface area contributed by atoms with Crippen LogP contribution in [0.25, 0.3) is 0 Å². The van der Waals surface area contributed by atoms with E-state index in [-0.39, 0.29) is 0 Å². The molecule has 1 unspecified atom stereocenters. The normalized spacial score (nSPS) is 7.00. The van der Waals surface area contributed by atoms with Crippen molar-refractivity contribution in [2.45, 2.75) is 0 Å². The first-order valence-electron chi connectivity index (χ1n) is 2.14. The van der Waals surface area contributed by atoms with Crippen LogP contribution in [0.2, 0.25) is 0 Å². The van der Waals surface area contributed by atoms with Gasteiger partial charge in [-0.05, 0) is 12.1 Å². The molecule has 0 aliphatic carbocycles. The van der Waals surface area contributed by atoms with Crippen molar-refractivity contribution in [1.82, 2.24) is 4.98 Å². The highest BCUT2D eigenvalue weighted by molar-refractivity contribution is 7.00. The standard InChI is InChI=1S/C5H5N.H3OP/c1-2-4-6-5-3-1;1-2/h1-5H;2H3. The van der Waals surface area contributed by atoms with Crippen molar-refractivity contribution in [3.63, 3.8) is 0 Å². The van der Waals surface area contributed by atoms with Crippen LogP contribution in [0.1, 0.15) is 0 Å².